The molecule has 1 aromatic carbocycles. The van der Waals surface area contributed by atoms with Crippen LogP contribution in [0.5, 0.6) is 0 Å². The van der Waals surface area contributed by atoms with Crippen LogP contribution in [-0.4, -0.2) is 22.9 Å². The van der Waals surface area contributed by atoms with E-state index >= 15 is 0 Å². The summed E-state index contributed by atoms with van der Waals surface area (Å²) in [6.45, 7) is 8.28. The van der Waals surface area contributed by atoms with E-state index in [1.54, 1.807) is 13.0 Å². The van der Waals surface area contributed by atoms with Crippen molar-refractivity contribution in [1.82, 2.24) is 10.6 Å². The summed E-state index contributed by atoms with van der Waals surface area (Å²) in [6, 6.07) is 4.96. The summed E-state index contributed by atoms with van der Waals surface area (Å²) in [5.74, 6) is -0.0788. The fourth-order valence-corrected chi connectivity index (χ4v) is 1.88. The highest BCUT2D eigenvalue weighted by Crippen LogP contribution is 2.20. The molecule has 0 unspecified atom stereocenters. The normalized spacial score (nSPS) is 11.2. The zero-order chi connectivity index (χ0) is 16.0. The molecule has 6 heteroatoms. The van der Waals surface area contributed by atoms with Gasteiger partial charge in [-0.3, -0.25) is 14.9 Å². The molecule has 0 radical (unpaired) electrons. The Morgan fingerprint density at radius 1 is 1.38 bits per heavy atom. The van der Waals surface area contributed by atoms with Crippen LogP contribution in [0.1, 0.15) is 38.3 Å². The van der Waals surface area contributed by atoms with Gasteiger partial charge < -0.3 is 10.6 Å². The van der Waals surface area contributed by atoms with Crippen LogP contribution < -0.4 is 10.6 Å². The Morgan fingerprint density at radius 3 is 2.62 bits per heavy atom. The first kappa shape index (κ1) is 17.1. The number of nitrogens with zero attached hydrogens (tertiary/aromatic N) is 1. The SMILES string of the molecule is CCC(C)(C)NC(=O)CNCc1cccc([N+](=O)[O-])c1C. The lowest BCUT2D eigenvalue weighted by Crippen LogP contribution is -2.46. The summed E-state index contributed by atoms with van der Waals surface area (Å²) in [4.78, 5) is 22.3. The standard InChI is InChI=1S/C15H23N3O3/c1-5-15(3,4)17-14(19)10-16-9-12-7-6-8-13(11(12)2)18(20)21/h6-8,16H,5,9-10H2,1-4H3,(H,17,19). The summed E-state index contributed by atoms with van der Waals surface area (Å²) < 4.78 is 0. The number of carbonyl (C=O) groups is 1. The maximum Gasteiger partial charge on any atom is 0.272 e. The lowest BCUT2D eigenvalue weighted by Gasteiger charge is -2.24. The fourth-order valence-electron chi connectivity index (χ4n) is 1.88. The number of carbonyl (C=O) groups excluding carboxylic acids is 1. The maximum atomic E-state index is 11.8. The lowest BCUT2D eigenvalue weighted by atomic mass is 10.0. The van der Waals surface area contributed by atoms with Gasteiger partial charge in [0, 0.05) is 23.7 Å². The number of nitrogens with one attached hydrogen (secondary N) is 2. The maximum absolute atomic E-state index is 11.8. The number of hydrogen-bond acceptors (Lipinski definition) is 4. The molecular formula is C15H23N3O3. The first-order valence-electron chi connectivity index (χ1n) is 7.01. The quantitative estimate of drug-likeness (QED) is 0.597. The number of nitro groups is 1. The molecule has 0 saturated carbocycles. The predicted octanol–water partition coefficient (Wildman–Crippen LogP) is 2.30. The van der Waals surface area contributed by atoms with Gasteiger partial charge in [-0.05, 0) is 32.8 Å². The molecule has 21 heavy (non-hydrogen) atoms. The molecule has 0 heterocycles. The van der Waals surface area contributed by atoms with E-state index in [-0.39, 0.29) is 23.7 Å². The van der Waals surface area contributed by atoms with Crippen molar-refractivity contribution in [2.75, 3.05) is 6.54 Å². The summed E-state index contributed by atoms with van der Waals surface area (Å²) in [5, 5.41) is 16.8. The van der Waals surface area contributed by atoms with Crippen LogP contribution in [-0.2, 0) is 11.3 Å². The molecule has 0 aliphatic carbocycles. The third-order valence-electron chi connectivity index (χ3n) is 3.58. The van der Waals surface area contributed by atoms with Crippen LogP contribution in [0.4, 0.5) is 5.69 Å². The molecular weight excluding hydrogens is 270 g/mol. The van der Waals surface area contributed by atoms with Crippen molar-refractivity contribution in [2.45, 2.75) is 46.2 Å². The number of amides is 1. The van der Waals surface area contributed by atoms with Gasteiger partial charge >= 0.3 is 0 Å². The molecule has 0 atom stereocenters. The van der Waals surface area contributed by atoms with E-state index in [2.05, 4.69) is 10.6 Å². The molecule has 0 saturated heterocycles. The van der Waals surface area contributed by atoms with Gasteiger partial charge in [0.1, 0.15) is 0 Å². The second-order valence-corrected chi connectivity index (χ2v) is 5.71. The second-order valence-electron chi connectivity index (χ2n) is 5.71. The number of rotatable bonds is 7. The fraction of sp³-hybridized carbons (Fsp3) is 0.533. The Hall–Kier alpha value is -1.95. The van der Waals surface area contributed by atoms with Crippen molar-refractivity contribution >= 4 is 11.6 Å². The molecule has 0 fully saturated rings. The van der Waals surface area contributed by atoms with Gasteiger partial charge in [0.15, 0.2) is 0 Å². The summed E-state index contributed by atoms with van der Waals surface area (Å²) in [7, 11) is 0. The van der Waals surface area contributed by atoms with Gasteiger partial charge in [-0.2, -0.15) is 0 Å². The Labute approximate surface area is 125 Å². The van der Waals surface area contributed by atoms with Gasteiger partial charge in [-0.25, -0.2) is 0 Å². The first-order chi connectivity index (χ1) is 9.76. The Balaban J connectivity index is 2.55. The highest BCUT2D eigenvalue weighted by molar-refractivity contribution is 5.78. The number of benzene rings is 1. The van der Waals surface area contributed by atoms with Crippen LogP contribution in [0.15, 0.2) is 18.2 Å². The van der Waals surface area contributed by atoms with Crippen LogP contribution in [0, 0.1) is 17.0 Å². The van der Waals surface area contributed by atoms with Crippen molar-refractivity contribution < 1.29 is 9.72 Å². The molecule has 116 valence electrons. The van der Waals surface area contributed by atoms with E-state index in [0.29, 0.717) is 12.1 Å². The Bertz CT molecular complexity index is 527. The summed E-state index contributed by atoms with van der Waals surface area (Å²) in [6.07, 6.45) is 0.850. The molecule has 0 spiro atoms. The highest BCUT2D eigenvalue weighted by Gasteiger charge is 2.17. The molecule has 0 bridgehead atoms. The van der Waals surface area contributed by atoms with Crippen LogP contribution >= 0.6 is 0 Å². The molecule has 1 aromatic rings. The van der Waals surface area contributed by atoms with E-state index < -0.39 is 4.92 Å². The highest BCUT2D eigenvalue weighted by atomic mass is 16.6. The van der Waals surface area contributed by atoms with Gasteiger partial charge in [-0.1, -0.05) is 19.1 Å². The minimum absolute atomic E-state index is 0.0788. The third-order valence-corrected chi connectivity index (χ3v) is 3.58. The Morgan fingerprint density at radius 2 is 2.05 bits per heavy atom. The molecule has 1 rings (SSSR count). The lowest BCUT2D eigenvalue weighted by molar-refractivity contribution is -0.385. The van der Waals surface area contributed by atoms with Crippen LogP contribution in [0.2, 0.25) is 0 Å². The van der Waals surface area contributed by atoms with Gasteiger partial charge in [0.25, 0.3) is 5.69 Å². The molecule has 0 aliphatic rings. The zero-order valence-corrected chi connectivity index (χ0v) is 13.0. The van der Waals surface area contributed by atoms with Crippen molar-refractivity contribution in [3.8, 4) is 0 Å². The molecule has 2 N–H and O–H groups in total. The van der Waals surface area contributed by atoms with Gasteiger partial charge in [0.05, 0.1) is 11.5 Å². The largest absolute Gasteiger partial charge is 0.350 e. The smallest absolute Gasteiger partial charge is 0.272 e. The number of nitro benzene ring substituents is 1. The molecule has 1 amide bonds. The van der Waals surface area contributed by atoms with E-state index in [4.69, 9.17) is 0 Å². The van der Waals surface area contributed by atoms with Gasteiger partial charge in [0.2, 0.25) is 5.91 Å². The minimum Gasteiger partial charge on any atom is -0.350 e. The van der Waals surface area contributed by atoms with Gasteiger partial charge in [-0.15, -0.1) is 0 Å². The first-order valence-corrected chi connectivity index (χ1v) is 7.01. The second kappa shape index (κ2) is 7.17. The Kier molecular flexibility index (Phi) is 5.84. The summed E-state index contributed by atoms with van der Waals surface area (Å²) in [5.41, 5.74) is 1.34. The predicted molar refractivity (Wildman–Crippen MR) is 82.1 cm³/mol. The topological polar surface area (TPSA) is 84.3 Å². The average Bonchev–Trinajstić information content (AvgIpc) is 2.39. The van der Waals surface area contributed by atoms with E-state index in [1.807, 2.05) is 26.8 Å². The van der Waals surface area contributed by atoms with Crippen molar-refractivity contribution in [1.29, 1.82) is 0 Å². The molecule has 6 nitrogen and oxygen atoms in total. The zero-order valence-electron chi connectivity index (χ0n) is 13.0. The van der Waals surface area contributed by atoms with E-state index in [1.165, 1.54) is 6.07 Å². The molecule has 0 aliphatic heterocycles. The van der Waals surface area contributed by atoms with Crippen molar-refractivity contribution in [3.05, 3.63) is 39.4 Å². The molecule has 0 aromatic heterocycles. The van der Waals surface area contributed by atoms with E-state index in [0.717, 1.165) is 12.0 Å². The summed E-state index contributed by atoms with van der Waals surface area (Å²) >= 11 is 0. The average molecular weight is 293 g/mol. The number of hydrogen-bond donors (Lipinski definition) is 2. The minimum atomic E-state index is -0.394. The van der Waals surface area contributed by atoms with Crippen molar-refractivity contribution in [3.63, 3.8) is 0 Å². The van der Waals surface area contributed by atoms with Crippen LogP contribution in [0.3, 0.4) is 0 Å². The van der Waals surface area contributed by atoms with E-state index in [9.17, 15) is 14.9 Å². The van der Waals surface area contributed by atoms with Crippen LogP contribution in [0.25, 0.3) is 0 Å². The third kappa shape index (κ3) is 5.15. The van der Waals surface area contributed by atoms with Crippen molar-refractivity contribution in [2.24, 2.45) is 0 Å². The monoisotopic (exact) mass is 293 g/mol.